The van der Waals surface area contributed by atoms with E-state index in [-0.39, 0.29) is 5.82 Å². The number of rotatable bonds is 12. The Balaban J connectivity index is 1.91. The third kappa shape index (κ3) is 8.75. The van der Waals surface area contributed by atoms with Gasteiger partial charge in [-0.05, 0) is 37.1 Å². The van der Waals surface area contributed by atoms with Crippen molar-refractivity contribution in [1.82, 2.24) is 0 Å². The number of nitrogens with one attached hydrogen (secondary N) is 1. The van der Waals surface area contributed by atoms with Crippen LogP contribution < -0.4 is 5.32 Å². The van der Waals surface area contributed by atoms with Gasteiger partial charge in [-0.3, -0.25) is 0 Å². The summed E-state index contributed by atoms with van der Waals surface area (Å²) in [6.07, 6.45) is 13.6. The van der Waals surface area contributed by atoms with Crippen molar-refractivity contribution in [3.63, 3.8) is 0 Å². The fourth-order valence-electron chi connectivity index (χ4n) is 2.60. The molecule has 0 atom stereocenters. The Kier molecular flexibility index (Phi) is 9.94. The zero-order valence-corrected chi connectivity index (χ0v) is 13.9. The van der Waals surface area contributed by atoms with Crippen LogP contribution in [-0.4, -0.2) is 6.54 Å². The molecule has 1 rings (SSSR count). The van der Waals surface area contributed by atoms with Gasteiger partial charge in [-0.15, -0.1) is 0 Å². The fourth-order valence-corrected chi connectivity index (χ4v) is 2.60. The van der Waals surface area contributed by atoms with Crippen LogP contribution in [0.25, 0.3) is 0 Å². The van der Waals surface area contributed by atoms with Gasteiger partial charge in [0, 0.05) is 12.2 Å². The van der Waals surface area contributed by atoms with Crippen molar-refractivity contribution in [3.8, 4) is 0 Å². The molecule has 0 aromatic heterocycles. The summed E-state index contributed by atoms with van der Waals surface area (Å²) in [5, 5.41) is 3.37. The van der Waals surface area contributed by atoms with Gasteiger partial charge in [0.2, 0.25) is 0 Å². The Bertz CT molecular complexity index is 376. The molecule has 1 N–H and O–H groups in total. The van der Waals surface area contributed by atoms with E-state index in [2.05, 4.69) is 12.2 Å². The summed E-state index contributed by atoms with van der Waals surface area (Å²) in [6, 6.07) is 5.24. The molecule has 0 heterocycles. The second-order valence-corrected chi connectivity index (χ2v) is 6.07. The van der Waals surface area contributed by atoms with Gasteiger partial charge in [-0.2, -0.15) is 0 Å². The van der Waals surface area contributed by atoms with Gasteiger partial charge in [0.15, 0.2) is 0 Å². The van der Waals surface area contributed by atoms with Crippen LogP contribution in [-0.2, 0) is 0 Å². The van der Waals surface area contributed by atoms with Gasteiger partial charge in [0.25, 0.3) is 0 Å². The molecule has 0 radical (unpaired) electrons. The highest BCUT2D eigenvalue weighted by Gasteiger charge is 1.98. The van der Waals surface area contributed by atoms with E-state index >= 15 is 0 Å². The molecule has 0 saturated carbocycles. The SMILES string of the molecule is CCCCCCCCCCCCNc1ccc(F)c(C)c1. The van der Waals surface area contributed by atoms with Crippen LogP contribution in [0.3, 0.4) is 0 Å². The number of hydrogen-bond acceptors (Lipinski definition) is 1. The zero-order chi connectivity index (χ0) is 15.3. The van der Waals surface area contributed by atoms with Crippen LogP contribution in [0, 0.1) is 12.7 Å². The first-order valence-corrected chi connectivity index (χ1v) is 8.74. The summed E-state index contributed by atoms with van der Waals surface area (Å²) in [4.78, 5) is 0. The average Bonchev–Trinajstić information content (AvgIpc) is 2.48. The number of benzene rings is 1. The van der Waals surface area contributed by atoms with Crippen LogP contribution in [0.5, 0.6) is 0 Å². The highest BCUT2D eigenvalue weighted by molar-refractivity contribution is 5.45. The maximum atomic E-state index is 13.1. The standard InChI is InChI=1S/C19H32FN/c1-3-4-5-6-7-8-9-10-11-12-15-21-18-13-14-19(20)17(2)16-18/h13-14,16,21H,3-12,15H2,1-2H3. The van der Waals surface area contributed by atoms with Gasteiger partial charge in [-0.25, -0.2) is 4.39 Å². The summed E-state index contributed by atoms with van der Waals surface area (Å²) in [6.45, 7) is 5.06. The zero-order valence-electron chi connectivity index (χ0n) is 13.9. The lowest BCUT2D eigenvalue weighted by molar-refractivity contribution is 0.560. The molecule has 2 heteroatoms. The monoisotopic (exact) mass is 293 g/mol. The van der Waals surface area contributed by atoms with Gasteiger partial charge in [0.1, 0.15) is 5.82 Å². The quantitative estimate of drug-likeness (QED) is 0.436. The van der Waals surface area contributed by atoms with Crippen molar-refractivity contribution < 1.29 is 4.39 Å². The molecular formula is C19H32FN. The summed E-state index contributed by atoms with van der Waals surface area (Å²) in [5.74, 6) is -0.125. The first-order valence-electron chi connectivity index (χ1n) is 8.74. The molecule has 0 aliphatic rings. The smallest absolute Gasteiger partial charge is 0.126 e. The highest BCUT2D eigenvalue weighted by Crippen LogP contribution is 2.14. The second kappa shape index (κ2) is 11.6. The van der Waals surface area contributed by atoms with E-state index in [9.17, 15) is 4.39 Å². The van der Waals surface area contributed by atoms with E-state index in [1.165, 1.54) is 70.3 Å². The van der Waals surface area contributed by atoms with Crippen molar-refractivity contribution in [2.24, 2.45) is 0 Å². The van der Waals surface area contributed by atoms with Crippen LogP contribution in [0.1, 0.15) is 76.7 Å². The van der Waals surface area contributed by atoms with E-state index in [4.69, 9.17) is 0 Å². The molecule has 0 saturated heterocycles. The minimum absolute atomic E-state index is 0.125. The van der Waals surface area contributed by atoms with Crippen molar-refractivity contribution in [2.45, 2.75) is 78.1 Å². The molecule has 1 aromatic carbocycles. The molecule has 21 heavy (non-hydrogen) atoms. The number of anilines is 1. The number of halogens is 1. The third-order valence-electron chi connectivity index (χ3n) is 4.02. The average molecular weight is 293 g/mol. The van der Waals surface area contributed by atoms with Gasteiger partial charge < -0.3 is 5.32 Å². The number of aryl methyl sites for hydroxylation is 1. The summed E-state index contributed by atoms with van der Waals surface area (Å²) in [5.41, 5.74) is 1.74. The predicted octanol–water partition coefficient (Wildman–Crippen LogP) is 6.47. The maximum absolute atomic E-state index is 13.1. The second-order valence-electron chi connectivity index (χ2n) is 6.07. The summed E-state index contributed by atoms with van der Waals surface area (Å²) in [7, 11) is 0. The third-order valence-corrected chi connectivity index (χ3v) is 4.02. The first kappa shape index (κ1) is 18.0. The summed E-state index contributed by atoms with van der Waals surface area (Å²) >= 11 is 0. The molecule has 0 amide bonds. The van der Waals surface area contributed by atoms with E-state index in [1.807, 2.05) is 12.1 Å². The predicted molar refractivity (Wildman–Crippen MR) is 91.5 cm³/mol. The maximum Gasteiger partial charge on any atom is 0.126 e. The molecule has 0 aliphatic carbocycles. The van der Waals surface area contributed by atoms with E-state index in [1.54, 1.807) is 6.92 Å². The highest BCUT2D eigenvalue weighted by atomic mass is 19.1. The molecule has 0 unspecified atom stereocenters. The Hall–Kier alpha value is -1.05. The Morgan fingerprint density at radius 2 is 1.43 bits per heavy atom. The van der Waals surface area contributed by atoms with Crippen molar-refractivity contribution in [3.05, 3.63) is 29.6 Å². The fraction of sp³-hybridized carbons (Fsp3) is 0.684. The van der Waals surface area contributed by atoms with Crippen molar-refractivity contribution in [2.75, 3.05) is 11.9 Å². The number of hydrogen-bond donors (Lipinski definition) is 1. The lowest BCUT2D eigenvalue weighted by Gasteiger charge is -2.07. The van der Waals surface area contributed by atoms with Gasteiger partial charge in [0.05, 0.1) is 0 Å². The van der Waals surface area contributed by atoms with Gasteiger partial charge >= 0.3 is 0 Å². The van der Waals surface area contributed by atoms with Crippen LogP contribution in [0.4, 0.5) is 10.1 Å². The Morgan fingerprint density at radius 3 is 2.00 bits per heavy atom. The molecule has 0 aliphatic heterocycles. The van der Waals surface area contributed by atoms with Crippen molar-refractivity contribution >= 4 is 5.69 Å². The Labute approximate surface area is 130 Å². The minimum Gasteiger partial charge on any atom is -0.385 e. The minimum atomic E-state index is -0.125. The van der Waals surface area contributed by atoms with Crippen LogP contribution >= 0.6 is 0 Å². The molecule has 1 nitrogen and oxygen atoms in total. The molecule has 120 valence electrons. The van der Waals surface area contributed by atoms with E-state index < -0.39 is 0 Å². The lowest BCUT2D eigenvalue weighted by Crippen LogP contribution is -2.01. The van der Waals surface area contributed by atoms with Crippen molar-refractivity contribution in [1.29, 1.82) is 0 Å². The normalized spacial score (nSPS) is 10.8. The Morgan fingerprint density at radius 1 is 0.857 bits per heavy atom. The van der Waals surface area contributed by atoms with E-state index in [0.29, 0.717) is 5.56 Å². The molecule has 1 aromatic rings. The molecule has 0 spiro atoms. The van der Waals surface area contributed by atoms with Gasteiger partial charge in [-0.1, -0.05) is 64.7 Å². The molecule has 0 fully saturated rings. The van der Waals surface area contributed by atoms with Crippen LogP contribution in [0.15, 0.2) is 18.2 Å². The van der Waals surface area contributed by atoms with Crippen LogP contribution in [0.2, 0.25) is 0 Å². The lowest BCUT2D eigenvalue weighted by atomic mass is 10.1. The summed E-state index contributed by atoms with van der Waals surface area (Å²) < 4.78 is 13.1. The van der Waals surface area contributed by atoms with E-state index in [0.717, 1.165) is 12.2 Å². The number of unbranched alkanes of at least 4 members (excludes halogenated alkanes) is 9. The first-order chi connectivity index (χ1) is 10.2. The topological polar surface area (TPSA) is 12.0 Å². The molecule has 0 bridgehead atoms. The molecular weight excluding hydrogens is 261 g/mol. The largest absolute Gasteiger partial charge is 0.385 e.